The number of halogens is 1. The first kappa shape index (κ1) is 11.7. The molecule has 5 heteroatoms. The summed E-state index contributed by atoms with van der Waals surface area (Å²) < 4.78 is 4.96. The van der Waals surface area contributed by atoms with Crippen molar-refractivity contribution in [2.45, 2.75) is 13.3 Å². The maximum atomic E-state index is 11.8. The molecule has 2 aromatic rings. The van der Waals surface area contributed by atoms with Crippen LogP contribution >= 0.6 is 11.6 Å². The van der Waals surface area contributed by atoms with Crippen molar-refractivity contribution in [3.05, 3.63) is 46.8 Å². The fourth-order valence-corrected chi connectivity index (χ4v) is 1.54. The average Bonchev–Trinajstić information content (AvgIpc) is 2.77. The predicted molar refractivity (Wildman–Crippen MR) is 65.3 cm³/mol. The highest BCUT2D eigenvalue weighted by Gasteiger charge is 2.11. The molecule has 1 aromatic carbocycles. The minimum Gasteiger partial charge on any atom is -0.361 e. The molecule has 1 N–H and O–H groups in total. The number of rotatable bonds is 3. The Morgan fingerprint density at radius 2 is 2.29 bits per heavy atom. The van der Waals surface area contributed by atoms with E-state index in [2.05, 4.69) is 10.5 Å². The molecule has 0 radical (unpaired) electrons. The molecule has 2 rings (SSSR count). The fraction of sp³-hybridized carbons (Fsp3) is 0.167. The number of nitrogens with zero attached hydrogens (tertiary/aromatic N) is 1. The van der Waals surface area contributed by atoms with Crippen molar-refractivity contribution < 1.29 is 9.32 Å². The number of aryl methyl sites for hydroxylation is 1. The third kappa shape index (κ3) is 2.85. The summed E-state index contributed by atoms with van der Waals surface area (Å²) >= 11 is 5.82. The van der Waals surface area contributed by atoms with E-state index in [1.807, 2.05) is 6.92 Å². The van der Waals surface area contributed by atoms with Gasteiger partial charge in [0, 0.05) is 23.2 Å². The van der Waals surface area contributed by atoms with E-state index in [4.69, 9.17) is 16.1 Å². The van der Waals surface area contributed by atoms with Crippen LogP contribution in [0.2, 0.25) is 5.02 Å². The SMILES string of the molecule is CCc1cc(C(=O)Nc2cccc(Cl)c2)no1. The molecule has 0 atom stereocenters. The molecule has 4 nitrogen and oxygen atoms in total. The Morgan fingerprint density at radius 1 is 1.47 bits per heavy atom. The summed E-state index contributed by atoms with van der Waals surface area (Å²) in [5.74, 6) is 0.372. The molecule has 17 heavy (non-hydrogen) atoms. The van der Waals surface area contributed by atoms with Crippen molar-refractivity contribution in [1.29, 1.82) is 0 Å². The van der Waals surface area contributed by atoms with Gasteiger partial charge in [-0.1, -0.05) is 29.7 Å². The van der Waals surface area contributed by atoms with Crippen molar-refractivity contribution in [3.63, 3.8) is 0 Å². The molecule has 0 saturated heterocycles. The number of benzene rings is 1. The maximum absolute atomic E-state index is 11.8. The number of aromatic nitrogens is 1. The van der Waals surface area contributed by atoms with E-state index in [1.54, 1.807) is 30.3 Å². The zero-order chi connectivity index (χ0) is 12.3. The normalized spacial score (nSPS) is 10.2. The summed E-state index contributed by atoms with van der Waals surface area (Å²) in [6, 6.07) is 8.55. The molecule has 1 heterocycles. The molecule has 88 valence electrons. The van der Waals surface area contributed by atoms with Crippen molar-refractivity contribution in [3.8, 4) is 0 Å². The lowest BCUT2D eigenvalue weighted by Crippen LogP contribution is -2.11. The lowest BCUT2D eigenvalue weighted by Gasteiger charge is -2.02. The van der Waals surface area contributed by atoms with Crippen LogP contribution in [0.4, 0.5) is 5.69 Å². The Labute approximate surface area is 104 Å². The summed E-state index contributed by atoms with van der Waals surface area (Å²) in [6.07, 6.45) is 0.706. The van der Waals surface area contributed by atoms with Crippen molar-refractivity contribution >= 4 is 23.2 Å². The zero-order valence-corrected chi connectivity index (χ0v) is 9.99. The zero-order valence-electron chi connectivity index (χ0n) is 9.24. The van der Waals surface area contributed by atoms with Crippen LogP contribution in [0.5, 0.6) is 0 Å². The monoisotopic (exact) mass is 250 g/mol. The summed E-state index contributed by atoms with van der Waals surface area (Å²) in [4.78, 5) is 11.8. The Hall–Kier alpha value is -1.81. The van der Waals surface area contributed by atoms with Gasteiger partial charge in [0.15, 0.2) is 5.69 Å². The maximum Gasteiger partial charge on any atom is 0.277 e. The van der Waals surface area contributed by atoms with Gasteiger partial charge < -0.3 is 9.84 Å². The van der Waals surface area contributed by atoms with E-state index < -0.39 is 0 Å². The van der Waals surface area contributed by atoms with Crippen LogP contribution in [-0.2, 0) is 6.42 Å². The average molecular weight is 251 g/mol. The molecule has 0 aliphatic heterocycles. The highest BCUT2D eigenvalue weighted by molar-refractivity contribution is 6.30. The number of carbonyl (C=O) groups is 1. The van der Waals surface area contributed by atoms with Crippen molar-refractivity contribution in [1.82, 2.24) is 5.16 Å². The van der Waals surface area contributed by atoms with Crippen LogP contribution in [0.1, 0.15) is 23.2 Å². The van der Waals surface area contributed by atoms with Crippen LogP contribution < -0.4 is 5.32 Å². The van der Waals surface area contributed by atoms with E-state index in [-0.39, 0.29) is 11.6 Å². The minimum absolute atomic E-state index is 0.266. The molecule has 1 amide bonds. The summed E-state index contributed by atoms with van der Waals surface area (Å²) in [5.41, 5.74) is 0.894. The largest absolute Gasteiger partial charge is 0.361 e. The lowest BCUT2D eigenvalue weighted by molar-refractivity contribution is 0.101. The minimum atomic E-state index is -0.310. The second-order valence-electron chi connectivity index (χ2n) is 3.50. The quantitative estimate of drug-likeness (QED) is 0.910. The van der Waals surface area contributed by atoms with E-state index in [0.717, 1.165) is 0 Å². The molecule has 0 fully saturated rings. The molecule has 0 aliphatic carbocycles. The topological polar surface area (TPSA) is 55.1 Å². The fourth-order valence-electron chi connectivity index (χ4n) is 1.35. The number of hydrogen-bond acceptors (Lipinski definition) is 3. The third-order valence-corrected chi connectivity index (χ3v) is 2.46. The van der Waals surface area contributed by atoms with Gasteiger partial charge in [-0.15, -0.1) is 0 Å². The van der Waals surface area contributed by atoms with Crippen LogP contribution in [0.25, 0.3) is 0 Å². The Kier molecular flexibility index (Phi) is 3.44. The van der Waals surface area contributed by atoms with E-state index in [1.165, 1.54) is 0 Å². The number of hydrogen-bond donors (Lipinski definition) is 1. The van der Waals surface area contributed by atoms with E-state index in [9.17, 15) is 4.79 Å². The molecular formula is C12H11ClN2O2. The molecule has 0 bridgehead atoms. The van der Waals surface area contributed by atoms with Gasteiger partial charge in [0.1, 0.15) is 5.76 Å². The summed E-state index contributed by atoms with van der Waals surface area (Å²) in [6.45, 7) is 1.93. The first-order valence-corrected chi connectivity index (χ1v) is 5.59. The number of anilines is 1. The van der Waals surface area contributed by atoms with Gasteiger partial charge in [-0.05, 0) is 18.2 Å². The molecule has 0 unspecified atom stereocenters. The predicted octanol–water partition coefficient (Wildman–Crippen LogP) is 3.14. The van der Waals surface area contributed by atoms with Crippen LogP contribution in [0.15, 0.2) is 34.9 Å². The third-order valence-electron chi connectivity index (χ3n) is 2.22. The first-order valence-electron chi connectivity index (χ1n) is 5.21. The summed E-state index contributed by atoms with van der Waals surface area (Å²) in [5, 5.41) is 6.94. The van der Waals surface area contributed by atoms with E-state index in [0.29, 0.717) is 22.9 Å². The molecule has 0 aliphatic rings. The second kappa shape index (κ2) is 5.01. The molecule has 1 aromatic heterocycles. The van der Waals surface area contributed by atoms with Crippen LogP contribution in [-0.4, -0.2) is 11.1 Å². The van der Waals surface area contributed by atoms with Gasteiger partial charge in [-0.25, -0.2) is 0 Å². The van der Waals surface area contributed by atoms with E-state index >= 15 is 0 Å². The highest BCUT2D eigenvalue weighted by atomic mass is 35.5. The van der Waals surface area contributed by atoms with Gasteiger partial charge in [0.25, 0.3) is 5.91 Å². The molecule has 0 spiro atoms. The lowest BCUT2D eigenvalue weighted by atomic mass is 10.3. The number of carbonyl (C=O) groups excluding carboxylic acids is 1. The van der Waals surface area contributed by atoms with Crippen molar-refractivity contribution in [2.24, 2.45) is 0 Å². The molecule has 0 saturated carbocycles. The van der Waals surface area contributed by atoms with Gasteiger partial charge >= 0.3 is 0 Å². The number of amides is 1. The van der Waals surface area contributed by atoms with Crippen LogP contribution in [0.3, 0.4) is 0 Å². The van der Waals surface area contributed by atoms with Gasteiger partial charge in [0.2, 0.25) is 0 Å². The smallest absolute Gasteiger partial charge is 0.277 e. The molecular weight excluding hydrogens is 240 g/mol. The van der Waals surface area contributed by atoms with Gasteiger partial charge in [-0.2, -0.15) is 0 Å². The number of nitrogens with one attached hydrogen (secondary N) is 1. The Bertz CT molecular complexity index is 537. The van der Waals surface area contributed by atoms with Crippen LogP contribution in [0, 0.1) is 0 Å². The van der Waals surface area contributed by atoms with Crippen molar-refractivity contribution in [2.75, 3.05) is 5.32 Å². The first-order chi connectivity index (χ1) is 8.19. The Morgan fingerprint density at radius 3 is 2.94 bits per heavy atom. The Balaban J connectivity index is 2.11. The van der Waals surface area contributed by atoms with Gasteiger partial charge in [0.05, 0.1) is 0 Å². The highest BCUT2D eigenvalue weighted by Crippen LogP contribution is 2.16. The standard InChI is InChI=1S/C12H11ClN2O2/c1-2-10-7-11(15-17-10)12(16)14-9-5-3-4-8(13)6-9/h3-7H,2H2,1H3,(H,14,16). The second-order valence-corrected chi connectivity index (χ2v) is 3.93. The van der Waals surface area contributed by atoms with Gasteiger partial charge in [-0.3, -0.25) is 4.79 Å². The summed E-state index contributed by atoms with van der Waals surface area (Å²) in [7, 11) is 0.